The summed E-state index contributed by atoms with van der Waals surface area (Å²) in [6.07, 6.45) is 0. The molecule has 4 aromatic rings. The Morgan fingerprint density at radius 1 is 1.05 bits per heavy atom. The van der Waals surface area contributed by atoms with Crippen LogP contribution in [0.25, 0.3) is 32.8 Å². The van der Waals surface area contributed by atoms with E-state index in [1.54, 1.807) is 6.07 Å². The van der Waals surface area contributed by atoms with E-state index in [2.05, 4.69) is 17.6 Å². The third-order valence-electron chi connectivity index (χ3n) is 3.36. The highest BCUT2D eigenvalue weighted by Crippen LogP contribution is 2.30. The second-order valence-corrected chi connectivity index (χ2v) is 4.98. The lowest BCUT2D eigenvalue weighted by Gasteiger charge is -1.99. The maximum atomic E-state index is 11.6. The van der Waals surface area contributed by atoms with Gasteiger partial charge < -0.3 is 9.40 Å². The van der Waals surface area contributed by atoms with Crippen molar-refractivity contribution < 1.29 is 4.42 Å². The average molecular weight is 267 g/mol. The Kier molecular flexibility index (Phi) is 2.05. The van der Waals surface area contributed by atoms with Crippen LogP contribution in [0.1, 0.15) is 0 Å². The molecule has 2 aromatic heterocycles. The first-order valence-electron chi connectivity index (χ1n) is 5.90. The lowest BCUT2D eigenvalue weighted by Crippen LogP contribution is -1.99. The Morgan fingerprint density at radius 2 is 1.89 bits per heavy atom. The molecule has 4 rings (SSSR count). The lowest BCUT2D eigenvalue weighted by atomic mass is 10.1. The molecule has 0 aliphatic heterocycles. The standard InChI is InChI=1S/C15H9NO2S/c17-15-12(19)7-8-5-6-10-9-3-1-2-4-11(9)16-13(10)14(8)18-15/h1-7,16,19H. The van der Waals surface area contributed by atoms with E-state index >= 15 is 0 Å². The molecule has 2 heterocycles. The number of rotatable bonds is 0. The normalized spacial score (nSPS) is 11.6. The number of aromatic nitrogens is 1. The van der Waals surface area contributed by atoms with E-state index in [1.807, 2.05) is 36.4 Å². The highest BCUT2D eigenvalue weighted by atomic mass is 32.1. The van der Waals surface area contributed by atoms with Crippen LogP contribution in [0.5, 0.6) is 0 Å². The summed E-state index contributed by atoms with van der Waals surface area (Å²) in [4.78, 5) is 15.3. The first-order chi connectivity index (χ1) is 9.24. The largest absolute Gasteiger partial charge is 0.420 e. The summed E-state index contributed by atoms with van der Waals surface area (Å²) in [7, 11) is 0. The monoisotopic (exact) mass is 267 g/mol. The van der Waals surface area contributed by atoms with Gasteiger partial charge in [-0.3, -0.25) is 0 Å². The van der Waals surface area contributed by atoms with Gasteiger partial charge in [0.25, 0.3) is 0 Å². The first-order valence-corrected chi connectivity index (χ1v) is 6.35. The number of fused-ring (bicyclic) bond motifs is 5. The molecule has 0 saturated heterocycles. The van der Waals surface area contributed by atoms with E-state index in [1.165, 1.54) is 0 Å². The summed E-state index contributed by atoms with van der Waals surface area (Å²) in [6, 6.07) is 13.7. The molecule has 0 atom stereocenters. The number of thiol groups is 1. The number of aromatic amines is 1. The summed E-state index contributed by atoms with van der Waals surface area (Å²) < 4.78 is 5.37. The minimum atomic E-state index is -0.415. The van der Waals surface area contributed by atoms with Crippen molar-refractivity contribution >= 4 is 45.4 Å². The van der Waals surface area contributed by atoms with Crippen LogP contribution in [-0.4, -0.2) is 4.98 Å². The van der Waals surface area contributed by atoms with Crippen LogP contribution in [-0.2, 0) is 0 Å². The Labute approximate surface area is 113 Å². The molecule has 1 N–H and O–H groups in total. The highest BCUT2D eigenvalue weighted by molar-refractivity contribution is 7.80. The van der Waals surface area contributed by atoms with Crippen molar-refractivity contribution in [2.24, 2.45) is 0 Å². The summed E-state index contributed by atoms with van der Waals surface area (Å²) >= 11 is 4.10. The van der Waals surface area contributed by atoms with E-state index in [-0.39, 0.29) is 0 Å². The van der Waals surface area contributed by atoms with Gasteiger partial charge in [0.05, 0.1) is 10.4 Å². The third kappa shape index (κ3) is 1.43. The van der Waals surface area contributed by atoms with E-state index in [4.69, 9.17) is 4.42 Å². The Morgan fingerprint density at radius 3 is 2.79 bits per heavy atom. The van der Waals surface area contributed by atoms with Crippen molar-refractivity contribution in [2.75, 3.05) is 0 Å². The van der Waals surface area contributed by atoms with Crippen LogP contribution in [0.15, 0.2) is 56.6 Å². The highest BCUT2D eigenvalue weighted by Gasteiger charge is 2.10. The average Bonchev–Trinajstić information content (AvgIpc) is 2.79. The van der Waals surface area contributed by atoms with Crippen LogP contribution in [0, 0.1) is 0 Å². The van der Waals surface area contributed by atoms with Crippen molar-refractivity contribution in [3.8, 4) is 0 Å². The van der Waals surface area contributed by atoms with Gasteiger partial charge in [-0.05, 0) is 12.1 Å². The zero-order valence-corrected chi connectivity index (χ0v) is 10.7. The fourth-order valence-corrected chi connectivity index (χ4v) is 2.67. The molecule has 4 heteroatoms. The molecule has 3 nitrogen and oxygen atoms in total. The number of hydrogen-bond acceptors (Lipinski definition) is 3. The molecule has 0 radical (unpaired) electrons. The summed E-state index contributed by atoms with van der Waals surface area (Å²) in [5.41, 5.74) is 2.05. The Balaban J connectivity index is 2.31. The number of nitrogens with one attached hydrogen (secondary N) is 1. The second-order valence-electron chi connectivity index (χ2n) is 4.50. The first kappa shape index (κ1) is 10.7. The molecule has 92 valence electrons. The lowest BCUT2D eigenvalue weighted by molar-refractivity contribution is 0.546. The third-order valence-corrected chi connectivity index (χ3v) is 3.67. The van der Waals surface area contributed by atoms with Crippen molar-refractivity contribution in [2.45, 2.75) is 4.90 Å². The maximum Gasteiger partial charge on any atom is 0.349 e. The molecule has 0 saturated carbocycles. The Bertz CT molecular complexity index is 997. The number of hydrogen-bond donors (Lipinski definition) is 2. The van der Waals surface area contributed by atoms with Gasteiger partial charge in [0, 0.05) is 21.7 Å². The predicted molar refractivity (Wildman–Crippen MR) is 79.1 cm³/mol. The van der Waals surface area contributed by atoms with Crippen molar-refractivity contribution in [3.63, 3.8) is 0 Å². The van der Waals surface area contributed by atoms with Crippen molar-refractivity contribution in [1.29, 1.82) is 0 Å². The van der Waals surface area contributed by atoms with Gasteiger partial charge in [-0.1, -0.05) is 30.3 Å². The van der Waals surface area contributed by atoms with Crippen LogP contribution >= 0.6 is 12.6 Å². The molecule has 0 spiro atoms. The molecular weight excluding hydrogens is 258 g/mol. The molecule has 0 bridgehead atoms. The minimum absolute atomic E-state index is 0.322. The van der Waals surface area contributed by atoms with Crippen LogP contribution < -0.4 is 5.63 Å². The zero-order chi connectivity index (χ0) is 13.0. The summed E-state index contributed by atoms with van der Waals surface area (Å²) in [5, 5.41) is 3.04. The fraction of sp³-hybridized carbons (Fsp3) is 0. The minimum Gasteiger partial charge on any atom is -0.420 e. The van der Waals surface area contributed by atoms with Gasteiger partial charge in [0.2, 0.25) is 0 Å². The van der Waals surface area contributed by atoms with Gasteiger partial charge >= 0.3 is 5.63 Å². The van der Waals surface area contributed by atoms with Gasteiger partial charge in [-0.2, -0.15) is 0 Å². The van der Waals surface area contributed by atoms with Crippen LogP contribution in [0.3, 0.4) is 0 Å². The molecule has 0 aliphatic carbocycles. The smallest absolute Gasteiger partial charge is 0.349 e. The van der Waals surface area contributed by atoms with Gasteiger partial charge in [0.1, 0.15) is 0 Å². The SMILES string of the molecule is O=c1oc2c(ccc3c4ccccc4[nH]c32)cc1S. The zero-order valence-electron chi connectivity index (χ0n) is 9.81. The van der Waals surface area contributed by atoms with Crippen LogP contribution in [0.4, 0.5) is 0 Å². The summed E-state index contributed by atoms with van der Waals surface area (Å²) in [5.74, 6) is 0. The summed E-state index contributed by atoms with van der Waals surface area (Å²) in [6.45, 7) is 0. The van der Waals surface area contributed by atoms with Crippen molar-refractivity contribution in [1.82, 2.24) is 4.98 Å². The molecule has 19 heavy (non-hydrogen) atoms. The molecule has 0 aliphatic rings. The van der Waals surface area contributed by atoms with Gasteiger partial charge in [0.15, 0.2) is 5.58 Å². The second kappa shape index (κ2) is 3.65. The molecule has 2 aromatic carbocycles. The van der Waals surface area contributed by atoms with E-state index in [0.29, 0.717) is 10.5 Å². The Hall–Kier alpha value is -2.20. The van der Waals surface area contributed by atoms with E-state index in [0.717, 1.165) is 27.2 Å². The molecule has 0 unspecified atom stereocenters. The fourth-order valence-electron chi connectivity index (χ4n) is 2.48. The number of H-pyrrole nitrogens is 1. The van der Waals surface area contributed by atoms with E-state index < -0.39 is 5.63 Å². The van der Waals surface area contributed by atoms with Crippen LogP contribution in [0.2, 0.25) is 0 Å². The van der Waals surface area contributed by atoms with Gasteiger partial charge in [-0.25, -0.2) is 4.79 Å². The number of para-hydroxylation sites is 1. The van der Waals surface area contributed by atoms with Crippen molar-refractivity contribution in [3.05, 3.63) is 52.9 Å². The predicted octanol–water partition coefficient (Wildman–Crippen LogP) is 3.72. The molecule has 0 fully saturated rings. The molecular formula is C15H9NO2S. The van der Waals surface area contributed by atoms with Gasteiger partial charge in [-0.15, -0.1) is 12.6 Å². The topological polar surface area (TPSA) is 46.0 Å². The number of benzene rings is 2. The molecule has 0 amide bonds. The quantitative estimate of drug-likeness (QED) is 0.377. The maximum absolute atomic E-state index is 11.6. The van der Waals surface area contributed by atoms with E-state index in [9.17, 15) is 4.79 Å².